The molecule has 184 valence electrons. The molecule has 3 aromatic carbocycles. The van der Waals surface area contributed by atoms with Gasteiger partial charge in [-0.25, -0.2) is 14.2 Å². The third kappa shape index (κ3) is 5.48. The Balaban J connectivity index is 1.65. The van der Waals surface area contributed by atoms with Crippen molar-refractivity contribution in [1.82, 2.24) is 0 Å². The molecule has 4 rings (SSSR count). The Kier molecular flexibility index (Phi) is 7.52. The number of aliphatic imine (C=N–C) groups is 1. The highest BCUT2D eigenvalue weighted by Gasteiger charge is 2.27. The van der Waals surface area contributed by atoms with Gasteiger partial charge in [0.2, 0.25) is 5.90 Å². The quantitative estimate of drug-likeness (QED) is 0.145. The highest BCUT2D eigenvalue weighted by molar-refractivity contribution is 6.34. The van der Waals surface area contributed by atoms with Crippen LogP contribution in [0.25, 0.3) is 6.08 Å². The summed E-state index contributed by atoms with van der Waals surface area (Å²) in [7, 11) is 0. The van der Waals surface area contributed by atoms with Gasteiger partial charge in [-0.2, -0.15) is 0 Å². The second-order valence-corrected chi connectivity index (χ2v) is 8.21. The number of cyclic esters (lactones) is 1. The Bertz CT molecular complexity index is 1420. The van der Waals surface area contributed by atoms with Crippen molar-refractivity contribution in [2.45, 2.75) is 13.5 Å². The van der Waals surface area contributed by atoms with Gasteiger partial charge in [0.15, 0.2) is 17.2 Å². The molecule has 0 radical (unpaired) electrons. The maximum atomic E-state index is 14.0. The summed E-state index contributed by atoms with van der Waals surface area (Å²) in [5, 5.41) is 11.4. The normalized spacial score (nSPS) is 13.9. The van der Waals surface area contributed by atoms with Crippen molar-refractivity contribution in [3.63, 3.8) is 0 Å². The Morgan fingerprint density at radius 2 is 1.89 bits per heavy atom. The monoisotopic (exact) mass is 530 g/mol. The number of carbonyl (C=O) groups excluding carboxylic acids is 1. The van der Waals surface area contributed by atoms with Gasteiger partial charge >= 0.3 is 5.97 Å². The predicted molar refractivity (Wildman–Crippen MR) is 132 cm³/mol. The molecular weight excluding hydrogens is 514 g/mol. The van der Waals surface area contributed by atoms with E-state index in [1.807, 2.05) is 0 Å². The number of hydrogen-bond acceptors (Lipinski definition) is 7. The largest absolute Gasteiger partial charge is 0.490 e. The lowest BCUT2D eigenvalue weighted by Gasteiger charge is -2.15. The van der Waals surface area contributed by atoms with Gasteiger partial charge in [0.1, 0.15) is 12.4 Å². The minimum absolute atomic E-state index is 0.0726. The van der Waals surface area contributed by atoms with E-state index in [1.54, 1.807) is 31.2 Å². The number of rotatable bonds is 8. The van der Waals surface area contributed by atoms with Crippen molar-refractivity contribution in [3.05, 3.63) is 103 Å². The van der Waals surface area contributed by atoms with Gasteiger partial charge in [0.25, 0.3) is 5.69 Å². The van der Waals surface area contributed by atoms with Crippen LogP contribution in [0.2, 0.25) is 10.0 Å². The van der Waals surface area contributed by atoms with E-state index in [-0.39, 0.29) is 51.0 Å². The highest BCUT2D eigenvalue weighted by atomic mass is 35.5. The van der Waals surface area contributed by atoms with E-state index >= 15 is 0 Å². The summed E-state index contributed by atoms with van der Waals surface area (Å²) < 4.78 is 30.5. The minimum atomic E-state index is -0.776. The molecule has 0 bridgehead atoms. The molecule has 11 heteroatoms. The first-order valence-corrected chi connectivity index (χ1v) is 11.3. The van der Waals surface area contributed by atoms with E-state index in [0.29, 0.717) is 17.7 Å². The van der Waals surface area contributed by atoms with Gasteiger partial charge in [0, 0.05) is 17.7 Å². The average molecular weight is 531 g/mol. The Labute approximate surface area is 214 Å². The third-order valence-electron chi connectivity index (χ3n) is 4.98. The number of benzene rings is 3. The number of esters is 1. The average Bonchev–Trinajstić information content (AvgIpc) is 3.19. The van der Waals surface area contributed by atoms with Crippen LogP contribution in [0, 0.1) is 15.9 Å². The zero-order valence-electron chi connectivity index (χ0n) is 18.7. The lowest BCUT2D eigenvalue weighted by atomic mass is 10.1. The van der Waals surface area contributed by atoms with Crippen molar-refractivity contribution in [2.24, 2.45) is 4.99 Å². The zero-order valence-corrected chi connectivity index (χ0v) is 20.2. The molecule has 0 N–H and O–H groups in total. The first-order chi connectivity index (χ1) is 17.3. The molecule has 0 aromatic heterocycles. The number of ether oxygens (including phenoxy) is 3. The Hall–Kier alpha value is -3.95. The Morgan fingerprint density at radius 3 is 2.61 bits per heavy atom. The van der Waals surface area contributed by atoms with Gasteiger partial charge in [0.05, 0.1) is 27.1 Å². The van der Waals surface area contributed by atoms with E-state index in [1.165, 1.54) is 36.4 Å². The van der Waals surface area contributed by atoms with E-state index in [9.17, 15) is 19.3 Å². The van der Waals surface area contributed by atoms with Crippen molar-refractivity contribution >= 4 is 46.8 Å². The van der Waals surface area contributed by atoms with Gasteiger partial charge in [-0.05, 0) is 42.8 Å². The molecule has 8 nitrogen and oxygen atoms in total. The van der Waals surface area contributed by atoms with Crippen molar-refractivity contribution in [2.75, 3.05) is 6.61 Å². The SMILES string of the molecule is CCOc1cc(/C=C2\N=C(c3cc([N+](=O)[O-])ccc3Cl)OC2=O)cc(Cl)c1OCc1ccccc1F. The zero-order chi connectivity index (χ0) is 25.8. The van der Waals surface area contributed by atoms with Crippen LogP contribution >= 0.6 is 23.2 Å². The summed E-state index contributed by atoms with van der Waals surface area (Å²) in [6, 6.07) is 13.0. The molecule has 0 spiro atoms. The van der Waals surface area contributed by atoms with Crippen LogP contribution in [0.1, 0.15) is 23.6 Å². The number of carbonyl (C=O) groups is 1. The maximum Gasteiger partial charge on any atom is 0.363 e. The first-order valence-electron chi connectivity index (χ1n) is 10.6. The minimum Gasteiger partial charge on any atom is -0.490 e. The van der Waals surface area contributed by atoms with Crippen LogP contribution in [0.4, 0.5) is 10.1 Å². The smallest absolute Gasteiger partial charge is 0.363 e. The molecule has 1 aliphatic heterocycles. The van der Waals surface area contributed by atoms with E-state index in [0.717, 1.165) is 0 Å². The molecule has 0 aliphatic carbocycles. The van der Waals surface area contributed by atoms with Gasteiger partial charge in [-0.1, -0.05) is 41.4 Å². The van der Waals surface area contributed by atoms with Crippen LogP contribution in [0.15, 0.2) is 65.3 Å². The summed E-state index contributed by atoms with van der Waals surface area (Å²) in [4.78, 5) is 27.1. The fourth-order valence-electron chi connectivity index (χ4n) is 3.31. The van der Waals surface area contributed by atoms with Crippen LogP contribution < -0.4 is 9.47 Å². The van der Waals surface area contributed by atoms with E-state index in [2.05, 4.69) is 4.99 Å². The maximum absolute atomic E-state index is 14.0. The van der Waals surface area contributed by atoms with Gasteiger partial charge in [-0.3, -0.25) is 10.1 Å². The first kappa shape index (κ1) is 25.2. The fraction of sp³-hybridized carbons (Fsp3) is 0.120. The molecule has 0 amide bonds. The molecule has 0 fully saturated rings. The number of nitro groups is 1. The van der Waals surface area contributed by atoms with E-state index in [4.69, 9.17) is 37.4 Å². The molecule has 36 heavy (non-hydrogen) atoms. The molecule has 1 aliphatic rings. The van der Waals surface area contributed by atoms with Crippen molar-refractivity contribution in [1.29, 1.82) is 0 Å². The summed E-state index contributed by atoms with van der Waals surface area (Å²) >= 11 is 12.6. The van der Waals surface area contributed by atoms with E-state index < -0.39 is 16.7 Å². The number of nitro benzene ring substituents is 1. The molecule has 0 atom stereocenters. The number of nitrogens with zero attached hydrogens (tertiary/aromatic N) is 2. The van der Waals surface area contributed by atoms with Gasteiger partial charge in [-0.15, -0.1) is 0 Å². The van der Waals surface area contributed by atoms with Crippen LogP contribution in [0.5, 0.6) is 11.5 Å². The molecule has 1 heterocycles. The molecule has 0 unspecified atom stereocenters. The summed E-state index contributed by atoms with van der Waals surface area (Å²) in [6.07, 6.45) is 1.41. The molecule has 3 aromatic rings. The van der Waals surface area contributed by atoms with Crippen LogP contribution in [0.3, 0.4) is 0 Å². The predicted octanol–water partition coefficient (Wildman–Crippen LogP) is 6.36. The lowest BCUT2D eigenvalue weighted by molar-refractivity contribution is -0.384. The fourth-order valence-corrected chi connectivity index (χ4v) is 3.78. The number of non-ortho nitro benzene ring substituents is 1. The molecule has 0 saturated heterocycles. The topological polar surface area (TPSA) is 100 Å². The summed E-state index contributed by atoms with van der Waals surface area (Å²) in [6.45, 7) is 1.99. The Morgan fingerprint density at radius 1 is 1.11 bits per heavy atom. The second-order valence-electron chi connectivity index (χ2n) is 7.40. The standard InChI is InChI=1S/C25H17Cl2FN2O6/c1-2-34-22-11-14(9-19(27)23(22)35-13-15-5-3-4-6-20(15)28)10-21-25(31)36-24(29-21)17-12-16(30(32)33)7-8-18(17)26/h3-12H,2,13H2,1H3/b21-10-. The van der Waals surface area contributed by atoms with Crippen molar-refractivity contribution < 1.29 is 28.3 Å². The summed E-state index contributed by atoms with van der Waals surface area (Å²) in [5.41, 5.74) is 0.588. The second kappa shape index (κ2) is 10.8. The lowest BCUT2D eigenvalue weighted by Crippen LogP contribution is -2.06. The third-order valence-corrected chi connectivity index (χ3v) is 5.59. The number of hydrogen-bond donors (Lipinski definition) is 0. The van der Waals surface area contributed by atoms with Crippen LogP contribution in [-0.2, 0) is 16.1 Å². The number of halogens is 3. The van der Waals surface area contributed by atoms with Crippen molar-refractivity contribution in [3.8, 4) is 11.5 Å². The molecule has 0 saturated carbocycles. The highest BCUT2D eigenvalue weighted by Crippen LogP contribution is 2.38. The van der Waals surface area contributed by atoms with Gasteiger partial charge < -0.3 is 14.2 Å². The molecular formula is C25H17Cl2FN2O6. The summed E-state index contributed by atoms with van der Waals surface area (Å²) in [5.74, 6) is -0.858. The van der Waals surface area contributed by atoms with Crippen LogP contribution in [-0.4, -0.2) is 23.4 Å².